The van der Waals surface area contributed by atoms with Crippen LogP contribution in [0.25, 0.3) is 22.4 Å². The monoisotopic (exact) mass is 320 g/mol. The molecule has 122 valence electrons. The molecule has 1 aliphatic heterocycles. The van der Waals surface area contributed by atoms with Crippen LogP contribution in [-0.2, 0) is 0 Å². The summed E-state index contributed by atoms with van der Waals surface area (Å²) in [6.07, 6.45) is 2.26. The van der Waals surface area contributed by atoms with E-state index in [4.69, 9.17) is 5.73 Å². The van der Waals surface area contributed by atoms with Gasteiger partial charge < -0.3 is 21.1 Å². The van der Waals surface area contributed by atoms with E-state index in [-0.39, 0.29) is 12.1 Å². The second-order valence-electron chi connectivity index (χ2n) is 6.23. The number of nitrogens with two attached hydrogens (primary N) is 1. The zero-order valence-electron chi connectivity index (χ0n) is 13.2. The summed E-state index contributed by atoms with van der Waals surface area (Å²) in [6.45, 7) is 0.622. The first-order valence-corrected chi connectivity index (χ1v) is 8.12. The maximum Gasteiger partial charge on any atom is 0.123 e. The number of anilines is 1. The Morgan fingerprint density at radius 2 is 1.58 bits per heavy atom. The Morgan fingerprint density at radius 1 is 0.958 bits per heavy atom. The molecule has 0 radical (unpaired) electrons. The van der Waals surface area contributed by atoms with Crippen LogP contribution < -0.4 is 11.1 Å². The number of aromatic nitrogens is 2. The van der Waals surface area contributed by atoms with Gasteiger partial charge in [0, 0.05) is 12.2 Å². The number of aliphatic hydroxyl groups is 1. The minimum absolute atomic E-state index is 0.0998. The molecule has 0 unspecified atom stereocenters. The van der Waals surface area contributed by atoms with Gasteiger partial charge in [-0.1, -0.05) is 36.4 Å². The largest absolute Gasteiger partial charge is 0.399 e. The lowest BCUT2D eigenvalue weighted by Crippen LogP contribution is -2.15. The highest BCUT2D eigenvalue weighted by atomic mass is 16.3. The number of rotatable bonds is 3. The molecule has 1 aromatic heterocycles. The van der Waals surface area contributed by atoms with Crippen molar-refractivity contribution in [1.82, 2.24) is 15.3 Å². The van der Waals surface area contributed by atoms with Crippen molar-refractivity contribution in [1.29, 1.82) is 0 Å². The number of H-pyrrole nitrogens is 1. The number of hydrogen-bond donors (Lipinski definition) is 4. The predicted molar refractivity (Wildman–Crippen MR) is 95.2 cm³/mol. The van der Waals surface area contributed by atoms with Gasteiger partial charge in [0.1, 0.15) is 5.82 Å². The first-order chi connectivity index (χ1) is 11.7. The molecular weight excluding hydrogens is 300 g/mol. The van der Waals surface area contributed by atoms with E-state index < -0.39 is 0 Å². The molecule has 1 saturated heterocycles. The van der Waals surface area contributed by atoms with Crippen LogP contribution in [0.3, 0.4) is 0 Å². The Bertz CT molecular complexity index is 823. The van der Waals surface area contributed by atoms with Gasteiger partial charge in [-0.25, -0.2) is 4.98 Å². The molecule has 5 nitrogen and oxygen atoms in total. The van der Waals surface area contributed by atoms with E-state index >= 15 is 0 Å². The molecular formula is C19H20N4O. The molecule has 5 heteroatoms. The number of benzene rings is 2. The summed E-state index contributed by atoms with van der Waals surface area (Å²) in [5, 5.41) is 12.9. The van der Waals surface area contributed by atoms with Crippen LogP contribution in [0.4, 0.5) is 5.69 Å². The zero-order valence-corrected chi connectivity index (χ0v) is 13.2. The normalized spacial score (nSPS) is 20.4. The van der Waals surface area contributed by atoms with Crippen LogP contribution in [0.2, 0.25) is 0 Å². The van der Waals surface area contributed by atoms with Crippen molar-refractivity contribution < 1.29 is 5.11 Å². The first kappa shape index (κ1) is 14.9. The lowest BCUT2D eigenvalue weighted by Gasteiger charge is -2.06. The summed E-state index contributed by atoms with van der Waals surface area (Å²) in [6, 6.07) is 16.3. The standard InChI is InChI=1S/C19H20N4O/c20-15-7-5-13(6-8-15)12-1-3-14(4-2-12)18-11-22-19(23-18)17-9-16(24)10-21-17/h1-8,11,16-17,21,24H,9-10,20H2,(H,22,23)/t16-,17-/m0/s1. The van der Waals surface area contributed by atoms with Crippen molar-refractivity contribution in [3.05, 3.63) is 60.6 Å². The molecule has 4 rings (SSSR count). The van der Waals surface area contributed by atoms with Crippen molar-refractivity contribution in [2.45, 2.75) is 18.6 Å². The fourth-order valence-electron chi connectivity index (χ4n) is 3.10. The molecule has 5 N–H and O–H groups in total. The van der Waals surface area contributed by atoms with E-state index in [9.17, 15) is 5.11 Å². The minimum Gasteiger partial charge on any atom is -0.399 e. The fraction of sp³-hybridized carbons (Fsp3) is 0.211. The van der Waals surface area contributed by atoms with Crippen molar-refractivity contribution in [3.63, 3.8) is 0 Å². The average Bonchev–Trinajstić information content (AvgIpc) is 3.25. The van der Waals surface area contributed by atoms with E-state index in [2.05, 4.69) is 39.6 Å². The third kappa shape index (κ3) is 2.91. The summed E-state index contributed by atoms with van der Waals surface area (Å²) < 4.78 is 0. The zero-order chi connectivity index (χ0) is 16.5. The van der Waals surface area contributed by atoms with Crippen molar-refractivity contribution in [3.8, 4) is 22.4 Å². The summed E-state index contributed by atoms with van der Waals surface area (Å²) >= 11 is 0. The van der Waals surface area contributed by atoms with Gasteiger partial charge in [0.05, 0.1) is 24.0 Å². The van der Waals surface area contributed by atoms with Crippen LogP contribution in [-0.4, -0.2) is 27.7 Å². The van der Waals surface area contributed by atoms with Crippen molar-refractivity contribution in [2.24, 2.45) is 0 Å². The van der Waals surface area contributed by atoms with Gasteiger partial charge in [0.25, 0.3) is 0 Å². The summed E-state index contributed by atoms with van der Waals surface area (Å²) in [5.41, 5.74) is 10.9. The summed E-state index contributed by atoms with van der Waals surface area (Å²) in [4.78, 5) is 7.81. The molecule has 1 fully saturated rings. The topological polar surface area (TPSA) is 87.0 Å². The molecule has 3 aromatic rings. The van der Waals surface area contributed by atoms with Crippen molar-refractivity contribution >= 4 is 5.69 Å². The number of imidazole rings is 1. The minimum atomic E-state index is -0.289. The van der Waals surface area contributed by atoms with E-state index in [1.165, 1.54) is 0 Å². The van der Waals surface area contributed by atoms with Gasteiger partial charge in [0.2, 0.25) is 0 Å². The van der Waals surface area contributed by atoms with Crippen LogP contribution in [0.15, 0.2) is 54.7 Å². The Hall–Kier alpha value is -2.63. The predicted octanol–water partition coefficient (Wildman–Crippen LogP) is 2.72. The molecule has 0 bridgehead atoms. The Kier molecular flexibility index (Phi) is 3.80. The average molecular weight is 320 g/mol. The number of β-amino-alcohol motifs (C(OH)–C–C–N with tert-alkyl or cyclic N) is 1. The number of aliphatic hydroxyl groups excluding tert-OH is 1. The van der Waals surface area contributed by atoms with Gasteiger partial charge in [-0.05, 0) is 35.2 Å². The Balaban J connectivity index is 1.55. The van der Waals surface area contributed by atoms with Crippen LogP contribution in [0.1, 0.15) is 18.3 Å². The maximum absolute atomic E-state index is 9.63. The van der Waals surface area contributed by atoms with Crippen LogP contribution in [0.5, 0.6) is 0 Å². The molecule has 0 saturated carbocycles. The van der Waals surface area contributed by atoms with E-state index in [1.54, 1.807) is 0 Å². The van der Waals surface area contributed by atoms with Gasteiger partial charge in [0.15, 0.2) is 0 Å². The Morgan fingerprint density at radius 3 is 2.21 bits per heavy atom. The number of nitrogen functional groups attached to an aromatic ring is 1. The SMILES string of the molecule is Nc1ccc(-c2ccc(-c3cnc([C@@H]4C[C@H](O)CN4)[nH]3)cc2)cc1. The van der Waals surface area contributed by atoms with Crippen LogP contribution in [0, 0.1) is 0 Å². The number of nitrogens with one attached hydrogen (secondary N) is 2. The quantitative estimate of drug-likeness (QED) is 0.559. The van der Waals surface area contributed by atoms with Crippen molar-refractivity contribution in [2.75, 3.05) is 12.3 Å². The number of nitrogens with zero attached hydrogens (tertiary/aromatic N) is 1. The lowest BCUT2D eigenvalue weighted by atomic mass is 10.0. The third-order valence-electron chi connectivity index (χ3n) is 4.47. The second-order valence-corrected chi connectivity index (χ2v) is 6.23. The van der Waals surface area contributed by atoms with Gasteiger partial charge >= 0.3 is 0 Å². The van der Waals surface area contributed by atoms with Gasteiger partial charge in [-0.3, -0.25) is 0 Å². The first-order valence-electron chi connectivity index (χ1n) is 8.12. The Labute approximate surface area is 140 Å². The highest BCUT2D eigenvalue weighted by Crippen LogP contribution is 2.27. The number of aromatic amines is 1. The molecule has 0 spiro atoms. The highest BCUT2D eigenvalue weighted by Gasteiger charge is 2.25. The molecule has 2 heterocycles. The van der Waals surface area contributed by atoms with E-state index in [1.807, 2.05) is 30.5 Å². The summed E-state index contributed by atoms with van der Waals surface area (Å²) in [7, 11) is 0. The third-order valence-corrected chi connectivity index (χ3v) is 4.47. The molecule has 1 aliphatic rings. The molecule has 2 atom stereocenters. The molecule has 0 amide bonds. The number of hydrogen-bond acceptors (Lipinski definition) is 4. The molecule has 0 aliphatic carbocycles. The van der Waals surface area contributed by atoms with Gasteiger partial charge in [-0.2, -0.15) is 0 Å². The highest BCUT2D eigenvalue weighted by molar-refractivity contribution is 5.69. The lowest BCUT2D eigenvalue weighted by molar-refractivity contribution is 0.193. The maximum atomic E-state index is 9.63. The van der Waals surface area contributed by atoms with Crippen LogP contribution >= 0.6 is 0 Å². The smallest absolute Gasteiger partial charge is 0.123 e. The van der Waals surface area contributed by atoms with E-state index in [0.29, 0.717) is 13.0 Å². The molecule has 2 aromatic carbocycles. The second kappa shape index (κ2) is 6.11. The van der Waals surface area contributed by atoms with Gasteiger partial charge in [-0.15, -0.1) is 0 Å². The summed E-state index contributed by atoms with van der Waals surface area (Å²) in [5.74, 6) is 0.879. The van der Waals surface area contributed by atoms with E-state index in [0.717, 1.165) is 33.9 Å². The molecule has 24 heavy (non-hydrogen) atoms. The fourth-order valence-corrected chi connectivity index (χ4v) is 3.10.